The summed E-state index contributed by atoms with van der Waals surface area (Å²) in [6.45, 7) is 9.20. The second kappa shape index (κ2) is 5.78. The second-order valence-electron chi connectivity index (χ2n) is 7.71. The minimum Gasteiger partial charge on any atom is -0.371 e. The van der Waals surface area contributed by atoms with Crippen LogP contribution in [0.1, 0.15) is 45.8 Å². The van der Waals surface area contributed by atoms with Crippen molar-refractivity contribution in [2.75, 3.05) is 6.61 Å². The third kappa shape index (κ3) is 3.07. The lowest BCUT2D eigenvalue weighted by Gasteiger charge is -2.19. The van der Waals surface area contributed by atoms with Crippen LogP contribution in [0.15, 0.2) is 24.0 Å². The van der Waals surface area contributed by atoms with Gasteiger partial charge in [-0.2, -0.15) is 5.10 Å². The Kier molecular flexibility index (Phi) is 4.08. The number of aryl methyl sites for hydroxylation is 1. The number of carbonyl (C=O) groups is 1. The summed E-state index contributed by atoms with van der Waals surface area (Å²) in [7, 11) is 1.89. The van der Waals surface area contributed by atoms with Crippen LogP contribution >= 0.6 is 0 Å². The molecule has 2 heterocycles. The lowest BCUT2D eigenvalue weighted by molar-refractivity contribution is -0.124. The van der Waals surface area contributed by atoms with Gasteiger partial charge in [-0.25, -0.2) is 0 Å². The number of aromatic nitrogens is 2. The molecule has 0 aromatic carbocycles. The van der Waals surface area contributed by atoms with Gasteiger partial charge in [0.1, 0.15) is 6.10 Å². The molecule has 3 rings (SSSR count). The molecule has 1 amide bonds. The molecule has 0 bridgehead atoms. The predicted molar refractivity (Wildman–Crippen MR) is 88.6 cm³/mol. The molecule has 1 aromatic heterocycles. The molecule has 0 radical (unpaired) electrons. The number of nitrogens with one attached hydrogen (secondary N) is 1. The Bertz CT molecular complexity index is 628. The maximum Gasteiger partial charge on any atom is 0.224 e. The summed E-state index contributed by atoms with van der Waals surface area (Å²) in [5, 5.41) is 7.43. The van der Waals surface area contributed by atoms with E-state index in [9.17, 15) is 4.79 Å². The Hall–Kier alpha value is -1.62. The number of carbonyl (C=O) groups excluding carboxylic acids is 1. The van der Waals surface area contributed by atoms with Gasteiger partial charge in [0, 0.05) is 25.4 Å². The summed E-state index contributed by atoms with van der Waals surface area (Å²) >= 11 is 0. The van der Waals surface area contributed by atoms with Crippen molar-refractivity contribution in [1.29, 1.82) is 0 Å². The number of nitrogens with zero attached hydrogens (tertiary/aromatic N) is 2. The summed E-state index contributed by atoms with van der Waals surface area (Å²) in [4.78, 5) is 12.7. The first kappa shape index (κ1) is 16.2. The predicted octanol–water partition coefficient (Wildman–Crippen LogP) is 2.60. The summed E-state index contributed by atoms with van der Waals surface area (Å²) in [5.74, 6) is 0.557. The van der Waals surface area contributed by atoms with Gasteiger partial charge >= 0.3 is 0 Å². The molecule has 2 aliphatic rings. The highest BCUT2D eigenvalue weighted by molar-refractivity contribution is 5.84. The second-order valence-corrected chi connectivity index (χ2v) is 7.71. The number of allylic oxidation sites excluding steroid dienone is 2. The fourth-order valence-electron chi connectivity index (χ4n) is 3.77. The van der Waals surface area contributed by atoms with E-state index in [4.69, 9.17) is 4.74 Å². The van der Waals surface area contributed by atoms with Crippen LogP contribution < -0.4 is 5.32 Å². The molecule has 126 valence electrons. The minimum absolute atomic E-state index is 0.0375. The summed E-state index contributed by atoms with van der Waals surface area (Å²) in [6, 6.07) is 0.0375. The van der Waals surface area contributed by atoms with E-state index in [0.29, 0.717) is 12.5 Å². The zero-order chi connectivity index (χ0) is 16.8. The van der Waals surface area contributed by atoms with Crippen LogP contribution in [-0.2, 0) is 16.6 Å². The van der Waals surface area contributed by atoms with Gasteiger partial charge < -0.3 is 10.1 Å². The van der Waals surface area contributed by atoms with Crippen LogP contribution in [0.25, 0.3) is 0 Å². The van der Waals surface area contributed by atoms with E-state index >= 15 is 0 Å². The molecular weight excluding hydrogens is 290 g/mol. The Morgan fingerprint density at radius 2 is 2.22 bits per heavy atom. The van der Waals surface area contributed by atoms with E-state index in [-0.39, 0.29) is 29.4 Å². The van der Waals surface area contributed by atoms with Crippen molar-refractivity contribution in [1.82, 2.24) is 15.1 Å². The number of hydrogen-bond acceptors (Lipinski definition) is 3. The monoisotopic (exact) mass is 317 g/mol. The average Bonchev–Trinajstić information content (AvgIpc) is 2.86. The number of hydrogen-bond donors (Lipinski definition) is 1. The van der Waals surface area contributed by atoms with Gasteiger partial charge in [-0.15, -0.1) is 0 Å². The highest BCUT2D eigenvalue weighted by Crippen LogP contribution is 2.59. The van der Waals surface area contributed by atoms with Crippen LogP contribution in [0, 0.1) is 17.3 Å². The minimum atomic E-state index is -0.0867. The van der Waals surface area contributed by atoms with E-state index in [1.165, 1.54) is 5.57 Å². The maximum absolute atomic E-state index is 12.7. The molecule has 0 spiro atoms. The van der Waals surface area contributed by atoms with Crippen LogP contribution in [0.5, 0.6) is 0 Å². The van der Waals surface area contributed by atoms with Gasteiger partial charge in [0.15, 0.2) is 0 Å². The van der Waals surface area contributed by atoms with Crippen molar-refractivity contribution >= 4 is 5.91 Å². The molecule has 5 nitrogen and oxygen atoms in total. The molecule has 4 atom stereocenters. The Morgan fingerprint density at radius 1 is 1.48 bits per heavy atom. The fraction of sp³-hybridized carbons (Fsp3) is 0.667. The molecule has 1 aliphatic heterocycles. The van der Waals surface area contributed by atoms with Crippen molar-refractivity contribution in [3.05, 3.63) is 29.6 Å². The SMILES string of the molecule is CC(C)=C[C@@H]1[C@@H](C(=O)N[C@H]2CCO[C@@H]2c2cnn(C)c2)C1(C)C. The normalized spacial score (nSPS) is 31.7. The Labute approximate surface area is 138 Å². The molecule has 5 heteroatoms. The van der Waals surface area contributed by atoms with E-state index in [1.807, 2.05) is 19.4 Å². The van der Waals surface area contributed by atoms with E-state index in [2.05, 4.69) is 44.2 Å². The van der Waals surface area contributed by atoms with Crippen molar-refractivity contribution in [2.24, 2.45) is 24.3 Å². The molecular formula is C18H27N3O2. The summed E-state index contributed by atoms with van der Waals surface area (Å²) in [5.41, 5.74) is 2.35. The largest absolute Gasteiger partial charge is 0.371 e. The van der Waals surface area contributed by atoms with Crippen molar-refractivity contribution in [2.45, 2.75) is 46.3 Å². The molecule has 1 aromatic rings. The van der Waals surface area contributed by atoms with Crippen molar-refractivity contribution in [3.8, 4) is 0 Å². The summed E-state index contributed by atoms with van der Waals surface area (Å²) in [6.07, 6.45) is 6.78. The average molecular weight is 317 g/mol. The lowest BCUT2D eigenvalue weighted by Crippen LogP contribution is -2.38. The van der Waals surface area contributed by atoms with Crippen molar-refractivity contribution < 1.29 is 9.53 Å². The van der Waals surface area contributed by atoms with Crippen LogP contribution in [0.3, 0.4) is 0 Å². The van der Waals surface area contributed by atoms with Crippen LogP contribution in [0.2, 0.25) is 0 Å². The third-order valence-corrected chi connectivity index (χ3v) is 5.18. The highest BCUT2D eigenvalue weighted by Gasteiger charge is 2.60. The van der Waals surface area contributed by atoms with E-state index in [1.54, 1.807) is 4.68 Å². The van der Waals surface area contributed by atoms with Crippen LogP contribution in [0.4, 0.5) is 0 Å². The first-order chi connectivity index (χ1) is 10.8. The van der Waals surface area contributed by atoms with Crippen molar-refractivity contribution in [3.63, 3.8) is 0 Å². The van der Waals surface area contributed by atoms with Gasteiger partial charge in [-0.3, -0.25) is 9.48 Å². The lowest BCUT2D eigenvalue weighted by atomic mass is 10.0. The van der Waals surface area contributed by atoms with Gasteiger partial charge in [0.25, 0.3) is 0 Å². The summed E-state index contributed by atoms with van der Waals surface area (Å²) < 4.78 is 7.60. The molecule has 1 N–H and O–H groups in total. The molecule has 1 saturated heterocycles. The fourth-order valence-corrected chi connectivity index (χ4v) is 3.77. The first-order valence-corrected chi connectivity index (χ1v) is 8.36. The van der Waals surface area contributed by atoms with E-state index in [0.717, 1.165) is 12.0 Å². The number of amides is 1. The number of rotatable bonds is 4. The Morgan fingerprint density at radius 3 is 2.83 bits per heavy atom. The maximum atomic E-state index is 12.7. The Balaban J connectivity index is 1.67. The zero-order valence-electron chi connectivity index (χ0n) is 14.7. The zero-order valence-corrected chi connectivity index (χ0v) is 14.7. The topological polar surface area (TPSA) is 56.1 Å². The van der Waals surface area contributed by atoms with Gasteiger partial charge in [0.05, 0.1) is 18.2 Å². The van der Waals surface area contributed by atoms with Gasteiger partial charge in [-0.05, 0) is 31.6 Å². The smallest absolute Gasteiger partial charge is 0.224 e. The molecule has 1 aliphatic carbocycles. The number of ether oxygens (including phenoxy) is 1. The highest BCUT2D eigenvalue weighted by atomic mass is 16.5. The van der Waals surface area contributed by atoms with E-state index < -0.39 is 0 Å². The molecule has 1 saturated carbocycles. The molecule has 2 fully saturated rings. The quantitative estimate of drug-likeness (QED) is 0.869. The van der Waals surface area contributed by atoms with Gasteiger partial charge in [-0.1, -0.05) is 25.5 Å². The molecule has 23 heavy (non-hydrogen) atoms. The standard InChI is InChI=1S/C18H27N3O2/c1-11(2)8-13-15(18(13,3)4)17(22)20-14-6-7-23-16(14)12-9-19-21(5)10-12/h8-10,13-16H,6-7H2,1-5H3,(H,20,22)/t13-,14+,15+,16-/m1/s1. The molecule has 0 unspecified atom stereocenters. The van der Waals surface area contributed by atoms with Gasteiger partial charge in [0.2, 0.25) is 5.91 Å². The first-order valence-electron chi connectivity index (χ1n) is 8.36. The third-order valence-electron chi connectivity index (χ3n) is 5.18. The van der Waals surface area contributed by atoms with Crippen LogP contribution in [-0.4, -0.2) is 28.3 Å².